The number of rotatable bonds is 10. The van der Waals surface area contributed by atoms with Crippen molar-refractivity contribution in [3.05, 3.63) is 63.7 Å². The molecule has 0 aliphatic heterocycles. The van der Waals surface area contributed by atoms with Crippen molar-refractivity contribution in [3.8, 4) is 0 Å². The Hall–Kier alpha value is -1.73. The summed E-state index contributed by atoms with van der Waals surface area (Å²) in [7, 11) is -3.68. The number of nitrogens with one attached hydrogen (secondary N) is 1. The molecule has 0 heterocycles. The second kappa shape index (κ2) is 10.3. The van der Waals surface area contributed by atoms with Crippen LogP contribution in [0.4, 0.5) is 0 Å². The molecule has 0 aliphatic rings. The first kappa shape index (κ1) is 23.5. The molecule has 5 nitrogen and oxygen atoms in total. The minimum Gasteiger partial charge on any atom is -0.375 e. The van der Waals surface area contributed by atoms with Crippen LogP contribution >= 0.6 is 0 Å². The number of hydrogen-bond acceptors (Lipinski definition) is 4. The summed E-state index contributed by atoms with van der Waals surface area (Å²) in [5.74, 6) is 0. The van der Waals surface area contributed by atoms with Gasteiger partial charge < -0.3 is 10.5 Å². The summed E-state index contributed by atoms with van der Waals surface area (Å²) in [5.41, 5.74) is 11.5. The van der Waals surface area contributed by atoms with Gasteiger partial charge in [0.05, 0.1) is 18.1 Å². The van der Waals surface area contributed by atoms with Crippen LogP contribution in [0, 0.1) is 34.6 Å². The van der Waals surface area contributed by atoms with Gasteiger partial charge in [-0.25, -0.2) is 13.1 Å². The SMILES string of the molecule is Cc1c(C)c(C)c(S(=O)(=O)NC(CCCN)COCc2ccccc2)c(C)c1C. The molecule has 0 spiro atoms. The molecule has 29 heavy (non-hydrogen) atoms. The van der Waals surface area contributed by atoms with Crippen molar-refractivity contribution >= 4 is 10.0 Å². The zero-order valence-electron chi connectivity index (χ0n) is 18.2. The Morgan fingerprint density at radius 1 is 0.931 bits per heavy atom. The van der Waals surface area contributed by atoms with Crippen molar-refractivity contribution in [2.45, 2.75) is 65.0 Å². The van der Waals surface area contributed by atoms with Crippen molar-refractivity contribution in [1.82, 2.24) is 4.72 Å². The Morgan fingerprint density at radius 3 is 2.03 bits per heavy atom. The fourth-order valence-corrected chi connectivity index (χ4v) is 5.44. The third kappa shape index (κ3) is 5.89. The Bertz CT molecular complexity index is 896. The van der Waals surface area contributed by atoms with Crippen molar-refractivity contribution in [2.24, 2.45) is 5.73 Å². The normalized spacial score (nSPS) is 12.9. The predicted octanol–water partition coefficient (Wildman–Crippen LogP) is 3.83. The Labute approximate surface area is 175 Å². The summed E-state index contributed by atoms with van der Waals surface area (Å²) >= 11 is 0. The van der Waals surface area contributed by atoms with Crippen LogP contribution in [0.3, 0.4) is 0 Å². The Balaban J connectivity index is 2.21. The van der Waals surface area contributed by atoms with Crippen LogP contribution in [-0.2, 0) is 21.4 Å². The molecular weight excluding hydrogens is 384 g/mol. The third-order valence-corrected chi connectivity index (χ3v) is 7.50. The van der Waals surface area contributed by atoms with E-state index in [-0.39, 0.29) is 6.04 Å². The van der Waals surface area contributed by atoms with E-state index in [9.17, 15) is 8.42 Å². The lowest BCUT2D eigenvalue weighted by Gasteiger charge is -2.23. The highest BCUT2D eigenvalue weighted by Crippen LogP contribution is 2.29. The van der Waals surface area contributed by atoms with Crippen molar-refractivity contribution in [1.29, 1.82) is 0 Å². The summed E-state index contributed by atoms with van der Waals surface area (Å²) < 4.78 is 35.3. The van der Waals surface area contributed by atoms with Gasteiger partial charge in [-0.3, -0.25) is 0 Å². The smallest absolute Gasteiger partial charge is 0.241 e. The lowest BCUT2D eigenvalue weighted by atomic mass is 9.95. The van der Waals surface area contributed by atoms with Gasteiger partial charge in [0.15, 0.2) is 0 Å². The predicted molar refractivity (Wildman–Crippen MR) is 119 cm³/mol. The standard InChI is InChI=1S/C23H34N2O3S/c1-16-17(2)19(4)23(20(5)18(16)3)29(26,27)25-22(12-9-13-24)15-28-14-21-10-7-6-8-11-21/h6-8,10-11,22,25H,9,12-15,24H2,1-5H3. The maximum absolute atomic E-state index is 13.3. The van der Waals surface area contributed by atoms with Crippen LogP contribution in [-0.4, -0.2) is 27.6 Å². The zero-order valence-corrected chi connectivity index (χ0v) is 19.0. The quantitative estimate of drug-likeness (QED) is 0.614. The van der Waals surface area contributed by atoms with E-state index in [1.807, 2.05) is 65.0 Å². The molecule has 0 saturated heterocycles. The molecule has 3 N–H and O–H groups in total. The molecule has 0 aromatic heterocycles. The van der Waals surface area contributed by atoms with Gasteiger partial charge in [0.2, 0.25) is 10.0 Å². The first-order valence-corrected chi connectivity index (χ1v) is 11.6. The lowest BCUT2D eigenvalue weighted by Crippen LogP contribution is -2.39. The van der Waals surface area contributed by atoms with Crippen molar-refractivity contribution in [2.75, 3.05) is 13.2 Å². The van der Waals surface area contributed by atoms with Gasteiger partial charge in [-0.15, -0.1) is 0 Å². The lowest BCUT2D eigenvalue weighted by molar-refractivity contribution is 0.102. The molecule has 0 radical (unpaired) electrons. The monoisotopic (exact) mass is 418 g/mol. The molecule has 0 aliphatic carbocycles. The maximum atomic E-state index is 13.3. The first-order chi connectivity index (χ1) is 13.7. The van der Waals surface area contributed by atoms with Crippen LogP contribution < -0.4 is 10.5 Å². The second-order valence-electron chi connectivity index (χ2n) is 7.70. The van der Waals surface area contributed by atoms with Crippen LogP contribution in [0.2, 0.25) is 0 Å². The molecule has 2 aromatic rings. The zero-order chi connectivity index (χ0) is 21.6. The highest BCUT2D eigenvalue weighted by atomic mass is 32.2. The average Bonchev–Trinajstić information content (AvgIpc) is 2.69. The van der Waals surface area contributed by atoms with Crippen LogP contribution in [0.5, 0.6) is 0 Å². The number of hydrogen-bond donors (Lipinski definition) is 2. The Morgan fingerprint density at radius 2 is 1.48 bits per heavy atom. The number of benzene rings is 2. The van der Waals surface area contributed by atoms with Crippen LogP contribution in [0.1, 0.15) is 46.2 Å². The third-order valence-electron chi connectivity index (χ3n) is 5.71. The molecule has 0 bridgehead atoms. The van der Waals surface area contributed by atoms with Gasteiger partial charge in [0, 0.05) is 6.04 Å². The first-order valence-electron chi connectivity index (χ1n) is 10.1. The minimum atomic E-state index is -3.68. The maximum Gasteiger partial charge on any atom is 0.241 e. The second-order valence-corrected chi connectivity index (χ2v) is 9.35. The van der Waals surface area contributed by atoms with Gasteiger partial charge in [-0.05, 0) is 87.4 Å². The fourth-order valence-electron chi connectivity index (χ4n) is 3.58. The summed E-state index contributed by atoms with van der Waals surface area (Å²) in [6.45, 7) is 11.0. The van der Waals surface area contributed by atoms with E-state index in [1.54, 1.807) is 0 Å². The number of nitrogens with two attached hydrogens (primary N) is 1. The molecule has 2 aromatic carbocycles. The van der Waals surface area contributed by atoms with Gasteiger partial charge in [0.1, 0.15) is 0 Å². The van der Waals surface area contributed by atoms with E-state index in [2.05, 4.69) is 4.72 Å². The molecule has 2 rings (SSSR count). The molecule has 6 heteroatoms. The van der Waals surface area contributed by atoms with Gasteiger partial charge >= 0.3 is 0 Å². The van der Waals surface area contributed by atoms with E-state index in [0.29, 0.717) is 31.1 Å². The van der Waals surface area contributed by atoms with Gasteiger partial charge in [0.25, 0.3) is 0 Å². The largest absolute Gasteiger partial charge is 0.375 e. The summed E-state index contributed by atoms with van der Waals surface area (Å²) in [5, 5.41) is 0. The fraction of sp³-hybridized carbons (Fsp3) is 0.478. The minimum absolute atomic E-state index is 0.302. The van der Waals surface area contributed by atoms with Crippen molar-refractivity contribution < 1.29 is 13.2 Å². The summed E-state index contributed by atoms with van der Waals surface area (Å²) in [4.78, 5) is 0.388. The van der Waals surface area contributed by atoms with E-state index >= 15 is 0 Å². The molecule has 0 saturated carbocycles. The molecule has 0 amide bonds. The summed E-state index contributed by atoms with van der Waals surface area (Å²) in [6.07, 6.45) is 1.36. The van der Waals surface area contributed by atoms with Crippen LogP contribution in [0.25, 0.3) is 0 Å². The van der Waals surface area contributed by atoms with E-state index in [4.69, 9.17) is 10.5 Å². The molecule has 160 valence electrons. The topological polar surface area (TPSA) is 81.4 Å². The average molecular weight is 419 g/mol. The molecule has 1 unspecified atom stereocenters. The molecule has 1 atom stereocenters. The van der Waals surface area contributed by atoms with Gasteiger partial charge in [-0.1, -0.05) is 30.3 Å². The molecular formula is C23H34N2O3S. The summed E-state index contributed by atoms with van der Waals surface area (Å²) in [6, 6.07) is 9.53. The van der Waals surface area contributed by atoms with E-state index in [0.717, 1.165) is 39.8 Å². The molecule has 0 fully saturated rings. The van der Waals surface area contributed by atoms with E-state index < -0.39 is 10.0 Å². The highest BCUT2D eigenvalue weighted by molar-refractivity contribution is 7.89. The van der Waals surface area contributed by atoms with Crippen LogP contribution in [0.15, 0.2) is 35.2 Å². The van der Waals surface area contributed by atoms with Gasteiger partial charge in [-0.2, -0.15) is 0 Å². The van der Waals surface area contributed by atoms with E-state index in [1.165, 1.54) is 0 Å². The highest BCUT2D eigenvalue weighted by Gasteiger charge is 2.26. The number of sulfonamides is 1. The Kier molecular flexibility index (Phi) is 8.40. The number of ether oxygens (including phenoxy) is 1. The van der Waals surface area contributed by atoms with Crippen molar-refractivity contribution in [3.63, 3.8) is 0 Å².